The molecular weight excluding hydrogens is 742 g/mol. The standard InChI is InChI=1S/C11H15NO.C10H12N2.I3.V/c1-5-6-9(4)10(7-12)11(13)8(2)3;1-7(2)10-9(6-11)8(3)4-5-12-10;1-3-2;/h5-6,8H,1-4H3;4-5,7H,1-3H3;;/q;;-1;/b6-5+,10-9-;;;. The van der Waals surface area contributed by atoms with Crippen LogP contribution >= 0.6 is 37.2 Å². The first-order valence-corrected chi connectivity index (χ1v) is 21.2. The zero-order valence-electron chi connectivity index (χ0n) is 17.8. The molecule has 0 amide bonds. The second kappa shape index (κ2) is 20.0. The number of pyridine rings is 1. The van der Waals surface area contributed by atoms with Gasteiger partial charge >= 0.3 is 50.5 Å². The molecule has 4 nitrogen and oxygen atoms in total. The van der Waals surface area contributed by atoms with Gasteiger partial charge in [-0.3, -0.25) is 9.78 Å². The van der Waals surface area contributed by atoms with Crippen molar-refractivity contribution < 1.29 is 36.6 Å². The predicted octanol–water partition coefficient (Wildman–Crippen LogP) is 3.79. The SMILES string of the molecule is C/C=C/C(C)=C(/C#N)C(=O)C(C)C.Cc1ccnc(C(C)C)c1C#N.I[I-]I.[V]. The third-order valence-electron chi connectivity index (χ3n) is 3.54. The van der Waals surface area contributed by atoms with Gasteiger partial charge < -0.3 is 0 Å². The number of nitrogens with zero attached hydrogens (tertiary/aromatic N) is 3. The summed E-state index contributed by atoms with van der Waals surface area (Å²) in [5, 5.41) is 17.6. The van der Waals surface area contributed by atoms with E-state index in [1.807, 2.05) is 45.9 Å². The normalized spacial score (nSPS) is 10.7. The maximum absolute atomic E-state index is 11.5. The molecule has 1 rings (SSSR count). The Labute approximate surface area is 217 Å². The van der Waals surface area contributed by atoms with Crippen molar-refractivity contribution in [3.05, 3.63) is 52.4 Å². The van der Waals surface area contributed by atoms with Gasteiger partial charge in [-0.25, -0.2) is 0 Å². The zero-order valence-corrected chi connectivity index (χ0v) is 25.7. The molecule has 8 heteroatoms. The van der Waals surface area contributed by atoms with Crippen LogP contribution in [0.5, 0.6) is 0 Å². The Morgan fingerprint density at radius 1 is 1.24 bits per heavy atom. The van der Waals surface area contributed by atoms with Crippen LogP contribution < -0.4 is 13.3 Å². The van der Waals surface area contributed by atoms with Crippen LogP contribution in [0.4, 0.5) is 0 Å². The summed E-state index contributed by atoms with van der Waals surface area (Å²) >= 11 is 5.30. The average Bonchev–Trinajstić information content (AvgIpc) is 2.63. The van der Waals surface area contributed by atoms with Crippen molar-refractivity contribution >= 4 is 43.0 Å². The number of hydrogen-bond acceptors (Lipinski definition) is 4. The van der Waals surface area contributed by atoms with Crippen molar-refractivity contribution in [2.45, 2.75) is 54.4 Å². The van der Waals surface area contributed by atoms with E-state index in [0.717, 1.165) is 22.4 Å². The number of aryl methyl sites for hydroxylation is 1. The first-order chi connectivity index (χ1) is 13.1. The van der Waals surface area contributed by atoms with Gasteiger partial charge in [0.15, 0.2) is 5.78 Å². The molecule has 1 radical (unpaired) electrons. The summed E-state index contributed by atoms with van der Waals surface area (Å²) in [7, 11) is 0. The molecule has 0 aliphatic rings. The van der Waals surface area contributed by atoms with Crippen LogP contribution in [-0.4, -0.2) is 10.8 Å². The molecule has 0 saturated heterocycles. The number of hydrogen-bond donors (Lipinski definition) is 0. The number of nitriles is 2. The minimum absolute atomic E-state index is 0. The Bertz CT molecular complexity index is 776. The van der Waals surface area contributed by atoms with Gasteiger partial charge in [-0.1, -0.05) is 39.8 Å². The summed E-state index contributed by atoms with van der Waals surface area (Å²) in [5.74, 6) is 0.118. The minimum atomic E-state index is -0.116. The fourth-order valence-corrected chi connectivity index (χ4v) is 2.12. The molecule has 0 aromatic carbocycles. The van der Waals surface area contributed by atoms with E-state index >= 15 is 0 Å². The fraction of sp³-hybridized carbons (Fsp3) is 0.429. The molecule has 159 valence electrons. The van der Waals surface area contributed by atoms with Crippen LogP contribution in [0.3, 0.4) is 0 Å². The summed E-state index contributed by atoms with van der Waals surface area (Å²) in [6.45, 7) is 13.2. The molecule has 0 aliphatic carbocycles. The molecule has 0 atom stereocenters. The second-order valence-corrected chi connectivity index (χ2v) is 22.6. The molecule has 0 unspecified atom stereocenters. The smallest absolute Gasteiger partial charge is 0 e. The molecular formula is C21H27I3N3OV-. The summed E-state index contributed by atoms with van der Waals surface area (Å²) in [6.07, 6.45) is 5.35. The molecule has 1 aromatic rings. The van der Waals surface area contributed by atoms with Gasteiger partial charge in [-0.05, 0) is 43.9 Å². The largest absolute Gasteiger partial charge is 0 e. The number of halogens is 3. The molecule has 29 heavy (non-hydrogen) atoms. The Morgan fingerprint density at radius 2 is 1.76 bits per heavy atom. The number of Topliss-reactive ketones (excluding diaryl/α,β-unsaturated/α-hetero) is 1. The van der Waals surface area contributed by atoms with E-state index in [0.29, 0.717) is 19.2 Å². The molecule has 1 aromatic heterocycles. The van der Waals surface area contributed by atoms with Crippen molar-refractivity contribution in [1.82, 2.24) is 4.98 Å². The maximum atomic E-state index is 11.5. The van der Waals surface area contributed by atoms with Crippen molar-refractivity contribution in [2.24, 2.45) is 5.92 Å². The maximum Gasteiger partial charge on any atom is 0 e. The fourth-order valence-electron chi connectivity index (χ4n) is 2.12. The number of rotatable bonds is 4. The quantitative estimate of drug-likeness (QED) is 0.203. The van der Waals surface area contributed by atoms with E-state index in [-0.39, 0.29) is 35.8 Å². The van der Waals surface area contributed by atoms with E-state index in [9.17, 15) is 4.79 Å². The molecule has 0 fully saturated rings. The monoisotopic (exact) mass is 769 g/mol. The zero-order chi connectivity index (χ0) is 22.3. The first kappa shape index (κ1) is 33.7. The molecule has 0 spiro atoms. The summed E-state index contributed by atoms with van der Waals surface area (Å²) in [5.41, 5.74) is 3.65. The number of carbonyl (C=O) groups excluding carboxylic acids is 1. The van der Waals surface area contributed by atoms with Gasteiger partial charge in [0, 0.05) is 30.7 Å². The number of aromatic nitrogens is 1. The summed E-state index contributed by atoms with van der Waals surface area (Å²) in [4.78, 5) is 15.7. The Hall–Kier alpha value is 0.0544. The van der Waals surface area contributed by atoms with Crippen molar-refractivity contribution in [3.63, 3.8) is 0 Å². The van der Waals surface area contributed by atoms with E-state index in [4.69, 9.17) is 10.5 Å². The Balaban J connectivity index is -0.000000399. The average molecular weight is 769 g/mol. The molecule has 0 aliphatic heterocycles. The van der Waals surface area contributed by atoms with Gasteiger partial charge in [0.1, 0.15) is 12.1 Å². The predicted molar refractivity (Wildman–Crippen MR) is 129 cm³/mol. The van der Waals surface area contributed by atoms with Crippen LogP contribution in [0.25, 0.3) is 0 Å². The third kappa shape index (κ3) is 13.9. The van der Waals surface area contributed by atoms with Gasteiger partial charge in [0.05, 0.1) is 16.8 Å². The van der Waals surface area contributed by atoms with Gasteiger partial charge in [0.2, 0.25) is 0 Å². The van der Waals surface area contributed by atoms with E-state index in [2.05, 4.69) is 48.3 Å². The molecule has 0 N–H and O–H groups in total. The van der Waals surface area contributed by atoms with E-state index in [1.165, 1.54) is 0 Å². The van der Waals surface area contributed by atoms with Gasteiger partial charge in [-0.2, -0.15) is 10.5 Å². The van der Waals surface area contributed by atoms with Crippen LogP contribution in [0, 0.1) is 35.5 Å². The van der Waals surface area contributed by atoms with E-state index in [1.54, 1.807) is 33.0 Å². The Kier molecular flexibility index (Phi) is 23.2. The van der Waals surface area contributed by atoms with Crippen molar-refractivity contribution in [1.29, 1.82) is 10.5 Å². The van der Waals surface area contributed by atoms with Crippen molar-refractivity contribution in [3.8, 4) is 12.1 Å². The van der Waals surface area contributed by atoms with Crippen LogP contribution in [0.15, 0.2) is 35.6 Å². The number of allylic oxidation sites excluding steroid dienone is 4. The van der Waals surface area contributed by atoms with Gasteiger partial charge in [0.25, 0.3) is 0 Å². The minimum Gasteiger partial charge on any atom is 0 e. The topological polar surface area (TPSA) is 77.5 Å². The van der Waals surface area contributed by atoms with Crippen LogP contribution in [-0.2, 0) is 23.4 Å². The van der Waals surface area contributed by atoms with E-state index < -0.39 is 0 Å². The summed E-state index contributed by atoms with van der Waals surface area (Å²) < 4.78 is 0. The second-order valence-electron chi connectivity index (χ2n) is 6.40. The number of ketones is 1. The van der Waals surface area contributed by atoms with Crippen molar-refractivity contribution in [2.75, 3.05) is 0 Å². The first-order valence-electron chi connectivity index (χ1n) is 8.63. The molecule has 0 saturated carbocycles. The third-order valence-corrected chi connectivity index (χ3v) is 3.54. The Morgan fingerprint density at radius 3 is 2.07 bits per heavy atom. The van der Waals surface area contributed by atoms with Crippen LogP contribution in [0.1, 0.15) is 64.3 Å². The number of carbonyl (C=O) groups is 1. The summed E-state index contributed by atoms with van der Waals surface area (Å²) in [6, 6.07) is 5.99. The van der Waals surface area contributed by atoms with Crippen LogP contribution in [0.2, 0.25) is 0 Å². The molecule has 1 heterocycles. The van der Waals surface area contributed by atoms with Gasteiger partial charge in [-0.15, -0.1) is 0 Å². The molecule has 0 bridgehead atoms.